The molecule has 1 fully saturated rings. The second kappa shape index (κ2) is 8.83. The summed E-state index contributed by atoms with van der Waals surface area (Å²) in [6.45, 7) is 1.88. The lowest BCUT2D eigenvalue weighted by Gasteiger charge is -2.42. The maximum Gasteiger partial charge on any atom is 0.420 e. The van der Waals surface area contributed by atoms with Crippen molar-refractivity contribution in [2.24, 2.45) is 11.5 Å². The largest absolute Gasteiger partial charge is 0.420 e. The molecule has 1 aliphatic rings. The zero-order chi connectivity index (χ0) is 25.4. The van der Waals surface area contributed by atoms with Crippen LogP contribution in [0.4, 0.5) is 10.5 Å². The van der Waals surface area contributed by atoms with Gasteiger partial charge in [-0.1, -0.05) is 18.1 Å². The van der Waals surface area contributed by atoms with Gasteiger partial charge in [-0.15, -0.1) is 6.42 Å². The third-order valence-corrected chi connectivity index (χ3v) is 6.77. The molecule has 0 radical (unpaired) electrons. The van der Waals surface area contributed by atoms with Gasteiger partial charge in [0.05, 0.1) is 11.4 Å². The number of carbonyl (C=O) groups is 2. The van der Waals surface area contributed by atoms with Crippen molar-refractivity contribution in [3.05, 3.63) is 87.8 Å². The van der Waals surface area contributed by atoms with Gasteiger partial charge in [-0.2, -0.15) is 14.3 Å². The van der Waals surface area contributed by atoms with E-state index in [1.54, 1.807) is 61.5 Å². The predicted molar refractivity (Wildman–Crippen MR) is 131 cm³/mol. The Hall–Kier alpha value is -4.26. The lowest BCUT2D eigenvalue weighted by atomic mass is 9.83. The third kappa shape index (κ3) is 3.60. The molecule has 0 spiro atoms. The summed E-state index contributed by atoms with van der Waals surface area (Å²) >= 11 is 0. The van der Waals surface area contributed by atoms with Crippen molar-refractivity contribution in [2.75, 3.05) is 13.7 Å². The number of primary amides is 2. The summed E-state index contributed by atoms with van der Waals surface area (Å²) < 4.78 is 6.31. The molecule has 178 valence electrons. The maximum atomic E-state index is 13.3. The number of nitrogens with zero attached hydrogens (tertiary/aromatic N) is 3. The van der Waals surface area contributed by atoms with Crippen LogP contribution in [0.3, 0.4) is 0 Å². The molecule has 2 aromatic carbocycles. The number of methoxy groups -OCH3 is 1. The molecular formula is C26H26N5O4+. The molecule has 3 amide bonds. The first-order valence-corrected chi connectivity index (χ1v) is 11.0. The van der Waals surface area contributed by atoms with E-state index in [1.807, 2.05) is 0 Å². The standard InChI is InChI=1S/C26H25N5O4/c1-4-18-6-12-21(13-7-18)31(25(28)34)16-22(35-3)15-26(31,24(27)33)19-8-10-20(11-9-19)30-23(32)14-5-17(2)29-30/h1,5-14,22H,15-16H2,2-3H3,(H3-,27,28,33,34)/p+1/t22-,26-,31?/m1/s1. The minimum atomic E-state index is -1.56. The van der Waals surface area contributed by atoms with Gasteiger partial charge in [0.2, 0.25) is 5.54 Å². The van der Waals surface area contributed by atoms with Crippen molar-refractivity contribution in [1.82, 2.24) is 14.3 Å². The van der Waals surface area contributed by atoms with Gasteiger partial charge in [0.1, 0.15) is 18.3 Å². The molecule has 0 saturated carbocycles. The Bertz CT molecular complexity index is 1390. The number of benzene rings is 2. The highest BCUT2D eigenvalue weighted by atomic mass is 16.5. The minimum Gasteiger partial charge on any atom is -0.375 e. The quantitative estimate of drug-likeness (QED) is 0.431. The highest BCUT2D eigenvalue weighted by molar-refractivity contribution is 5.99. The van der Waals surface area contributed by atoms with E-state index in [0.717, 1.165) is 0 Å². The normalized spacial score (nSPS) is 23.5. The van der Waals surface area contributed by atoms with E-state index >= 15 is 0 Å². The summed E-state index contributed by atoms with van der Waals surface area (Å²) in [6.07, 6.45) is 5.14. The van der Waals surface area contributed by atoms with Crippen molar-refractivity contribution in [3.8, 4) is 18.0 Å². The smallest absolute Gasteiger partial charge is 0.375 e. The molecule has 4 N–H and O–H groups in total. The van der Waals surface area contributed by atoms with E-state index in [0.29, 0.717) is 28.2 Å². The molecule has 3 aromatic rings. The average Bonchev–Trinajstić information content (AvgIpc) is 3.24. The number of ether oxygens (including phenoxy) is 1. The zero-order valence-electron chi connectivity index (χ0n) is 19.5. The Morgan fingerprint density at radius 2 is 1.77 bits per heavy atom. The number of urea groups is 1. The number of rotatable bonds is 5. The van der Waals surface area contributed by atoms with Crippen LogP contribution >= 0.6 is 0 Å². The van der Waals surface area contributed by atoms with Gasteiger partial charge < -0.3 is 16.2 Å². The van der Waals surface area contributed by atoms with Crippen molar-refractivity contribution in [2.45, 2.75) is 25.0 Å². The second-order valence-electron chi connectivity index (χ2n) is 8.58. The fraction of sp³-hybridized carbons (Fsp3) is 0.231. The number of aryl methyl sites for hydroxylation is 1. The Morgan fingerprint density at radius 1 is 1.11 bits per heavy atom. The fourth-order valence-electron chi connectivity index (χ4n) is 5.05. The summed E-state index contributed by atoms with van der Waals surface area (Å²) in [4.78, 5) is 38.9. The topological polar surface area (TPSA) is 130 Å². The first-order valence-electron chi connectivity index (χ1n) is 11.0. The first kappa shape index (κ1) is 23.9. The average molecular weight is 473 g/mol. The second-order valence-corrected chi connectivity index (χ2v) is 8.58. The van der Waals surface area contributed by atoms with Gasteiger partial charge in [0.25, 0.3) is 11.5 Å². The van der Waals surface area contributed by atoms with Crippen LogP contribution in [0.2, 0.25) is 0 Å². The maximum absolute atomic E-state index is 13.3. The molecule has 2 heterocycles. The van der Waals surface area contributed by atoms with Gasteiger partial charge in [-0.05, 0) is 37.3 Å². The molecule has 0 bridgehead atoms. The number of terminal acetylenes is 1. The number of amides is 3. The van der Waals surface area contributed by atoms with Crippen LogP contribution in [0.5, 0.6) is 0 Å². The van der Waals surface area contributed by atoms with E-state index in [4.69, 9.17) is 22.6 Å². The molecule has 9 heteroatoms. The number of hydrogen-bond acceptors (Lipinski definition) is 5. The number of hydrogen-bond donors (Lipinski definition) is 2. The number of quaternary nitrogens is 1. The van der Waals surface area contributed by atoms with Gasteiger partial charge in [-0.25, -0.2) is 4.79 Å². The molecule has 0 aliphatic carbocycles. The van der Waals surface area contributed by atoms with Crippen molar-refractivity contribution < 1.29 is 14.3 Å². The number of likely N-dealkylation sites (tertiary alicyclic amines) is 1. The van der Waals surface area contributed by atoms with E-state index in [-0.39, 0.29) is 18.5 Å². The van der Waals surface area contributed by atoms with Gasteiger partial charge in [0.15, 0.2) is 0 Å². The molecule has 9 nitrogen and oxygen atoms in total. The van der Waals surface area contributed by atoms with E-state index in [1.165, 1.54) is 17.9 Å². The van der Waals surface area contributed by atoms with Crippen LogP contribution in [0.15, 0.2) is 65.5 Å². The summed E-state index contributed by atoms with van der Waals surface area (Å²) in [7, 11) is 1.51. The molecule has 1 aromatic heterocycles. The Labute approximate surface area is 202 Å². The summed E-state index contributed by atoms with van der Waals surface area (Å²) in [5.41, 5.74) is 13.0. The van der Waals surface area contributed by atoms with Crippen LogP contribution in [0.25, 0.3) is 5.69 Å². The van der Waals surface area contributed by atoms with Crippen molar-refractivity contribution >= 4 is 17.6 Å². The predicted octanol–water partition coefficient (Wildman–Crippen LogP) is 1.71. The van der Waals surface area contributed by atoms with Gasteiger partial charge in [-0.3, -0.25) is 9.59 Å². The highest BCUT2D eigenvalue weighted by Crippen LogP contribution is 2.49. The first-order chi connectivity index (χ1) is 16.7. The lowest BCUT2D eigenvalue weighted by Crippen LogP contribution is -2.70. The van der Waals surface area contributed by atoms with Crippen LogP contribution in [-0.2, 0) is 15.1 Å². The molecule has 3 atom stereocenters. The monoisotopic (exact) mass is 472 g/mol. The van der Waals surface area contributed by atoms with Crippen molar-refractivity contribution in [1.29, 1.82) is 0 Å². The SMILES string of the molecule is C#Cc1ccc([N+]2(C(N)=O)C[C@H](OC)C[C@]2(C(N)=O)c2ccc(-n3nc(C)ccc3=O)cc2)cc1. The fourth-order valence-corrected chi connectivity index (χ4v) is 5.05. The Kier molecular flexibility index (Phi) is 6.03. The van der Waals surface area contributed by atoms with Crippen LogP contribution in [0.1, 0.15) is 23.2 Å². The van der Waals surface area contributed by atoms with Crippen molar-refractivity contribution in [3.63, 3.8) is 0 Å². The number of nitrogens with two attached hydrogens (primary N) is 2. The van der Waals surface area contributed by atoms with Crippen LogP contribution in [-0.4, -0.2) is 41.5 Å². The van der Waals surface area contributed by atoms with E-state index in [2.05, 4.69) is 11.0 Å². The molecule has 1 saturated heterocycles. The van der Waals surface area contributed by atoms with Gasteiger partial charge >= 0.3 is 6.03 Å². The summed E-state index contributed by atoms with van der Waals surface area (Å²) in [5, 5.41) is 4.27. The van der Waals surface area contributed by atoms with Gasteiger partial charge in [0, 0.05) is 42.9 Å². The Morgan fingerprint density at radius 3 is 2.31 bits per heavy atom. The Balaban J connectivity index is 1.95. The zero-order valence-corrected chi connectivity index (χ0v) is 19.5. The minimum absolute atomic E-state index is 0.102. The summed E-state index contributed by atoms with van der Waals surface area (Å²) in [6, 6.07) is 15.7. The molecular weight excluding hydrogens is 446 g/mol. The van der Waals surface area contributed by atoms with E-state index in [9.17, 15) is 14.4 Å². The van der Waals surface area contributed by atoms with Crippen LogP contribution in [0, 0.1) is 19.3 Å². The highest BCUT2D eigenvalue weighted by Gasteiger charge is 2.68. The summed E-state index contributed by atoms with van der Waals surface area (Å²) in [5.74, 6) is 1.81. The number of carbonyl (C=O) groups excluding carboxylic acids is 2. The van der Waals surface area contributed by atoms with E-state index < -0.39 is 28.1 Å². The van der Waals surface area contributed by atoms with Crippen LogP contribution < -0.4 is 21.5 Å². The number of aromatic nitrogens is 2. The lowest BCUT2D eigenvalue weighted by molar-refractivity contribution is -0.127. The molecule has 35 heavy (non-hydrogen) atoms. The molecule has 4 rings (SSSR count). The molecule has 1 aliphatic heterocycles. The molecule has 1 unspecified atom stereocenters. The third-order valence-electron chi connectivity index (χ3n) is 6.77.